The van der Waals surface area contributed by atoms with Crippen LogP contribution in [-0.2, 0) is 12.0 Å². The summed E-state index contributed by atoms with van der Waals surface area (Å²) in [6.07, 6.45) is 1.54. The molecule has 5 aromatic rings. The monoisotopic (exact) mass is 572 g/mol. The highest BCUT2D eigenvalue weighted by molar-refractivity contribution is 9.10. The van der Waals surface area contributed by atoms with Crippen molar-refractivity contribution in [3.8, 4) is 28.5 Å². The summed E-state index contributed by atoms with van der Waals surface area (Å²) in [5.41, 5.74) is 3.30. The van der Waals surface area contributed by atoms with Crippen LogP contribution in [0.15, 0.2) is 57.7 Å². The van der Waals surface area contributed by atoms with Crippen molar-refractivity contribution in [2.24, 2.45) is 0 Å². The maximum absolute atomic E-state index is 6.62. The molecular weight excluding hydrogens is 555 g/mol. The van der Waals surface area contributed by atoms with Gasteiger partial charge in [0.2, 0.25) is 5.89 Å². The van der Waals surface area contributed by atoms with E-state index in [4.69, 9.17) is 32.7 Å². The van der Waals surface area contributed by atoms with Crippen LogP contribution < -0.4 is 0 Å². The van der Waals surface area contributed by atoms with Gasteiger partial charge in [-0.3, -0.25) is 0 Å². The van der Waals surface area contributed by atoms with Gasteiger partial charge in [-0.05, 0) is 40.8 Å². The lowest BCUT2D eigenvalue weighted by Crippen LogP contribution is -2.11. The van der Waals surface area contributed by atoms with Gasteiger partial charge in [-0.2, -0.15) is 5.10 Å². The summed E-state index contributed by atoms with van der Waals surface area (Å²) in [7, 11) is 0. The molecule has 3 aromatic heterocycles. The Morgan fingerprint density at radius 1 is 1.03 bits per heavy atom. The van der Waals surface area contributed by atoms with Crippen molar-refractivity contribution in [3.05, 3.63) is 74.8 Å². The fourth-order valence-electron chi connectivity index (χ4n) is 3.54. The highest BCUT2D eigenvalue weighted by Gasteiger charge is 2.29. The molecule has 5 rings (SSSR count). The number of benzene rings is 2. The quantitative estimate of drug-likeness (QED) is 0.254. The molecule has 0 atom stereocenters. The fourth-order valence-corrected chi connectivity index (χ4v) is 4.29. The Kier molecular flexibility index (Phi) is 6.20. The minimum Gasteiger partial charge on any atom is -0.419 e. The molecule has 9 nitrogen and oxygen atoms in total. The first-order valence-corrected chi connectivity index (χ1v) is 12.1. The molecule has 178 valence electrons. The molecule has 0 aliphatic heterocycles. The Morgan fingerprint density at radius 3 is 2.43 bits per heavy atom. The number of halogens is 3. The molecule has 0 radical (unpaired) electrons. The molecular formula is C23H19BrCl2N8O. The van der Waals surface area contributed by atoms with Crippen molar-refractivity contribution < 1.29 is 4.42 Å². The second-order valence-electron chi connectivity index (χ2n) is 8.86. The maximum Gasteiger partial charge on any atom is 0.268 e. The first-order valence-electron chi connectivity index (χ1n) is 10.6. The van der Waals surface area contributed by atoms with E-state index in [1.54, 1.807) is 21.5 Å². The van der Waals surface area contributed by atoms with Gasteiger partial charge in [0, 0.05) is 26.0 Å². The van der Waals surface area contributed by atoms with E-state index in [0.29, 0.717) is 39.8 Å². The predicted molar refractivity (Wildman–Crippen MR) is 136 cm³/mol. The number of tetrazole rings is 1. The highest BCUT2D eigenvalue weighted by Crippen LogP contribution is 2.37. The Bertz CT molecular complexity index is 1490. The predicted octanol–water partition coefficient (Wildman–Crippen LogP) is 5.99. The first kappa shape index (κ1) is 23.7. The van der Waals surface area contributed by atoms with Crippen LogP contribution in [0, 0.1) is 0 Å². The van der Waals surface area contributed by atoms with Gasteiger partial charge in [-0.1, -0.05) is 72.0 Å². The molecule has 0 aliphatic rings. The number of nitrogens with zero attached hydrogens (tertiary/aromatic N) is 8. The van der Waals surface area contributed by atoms with Crippen LogP contribution in [0.25, 0.3) is 28.5 Å². The summed E-state index contributed by atoms with van der Waals surface area (Å²) in [6.45, 7) is 6.33. The van der Waals surface area contributed by atoms with Gasteiger partial charge in [0.05, 0.1) is 22.9 Å². The van der Waals surface area contributed by atoms with E-state index >= 15 is 0 Å². The van der Waals surface area contributed by atoms with E-state index in [2.05, 4.69) is 41.7 Å². The van der Waals surface area contributed by atoms with Crippen molar-refractivity contribution in [2.75, 3.05) is 0 Å². The van der Waals surface area contributed by atoms with Crippen molar-refractivity contribution >= 4 is 39.1 Å². The van der Waals surface area contributed by atoms with Gasteiger partial charge < -0.3 is 4.42 Å². The number of hydrogen-bond acceptors (Lipinski definition) is 7. The maximum atomic E-state index is 6.62. The summed E-state index contributed by atoms with van der Waals surface area (Å²) in [4.78, 5) is 0. The summed E-state index contributed by atoms with van der Waals surface area (Å²) < 4.78 is 10.4. The molecule has 2 aromatic carbocycles. The number of hydrogen-bond donors (Lipinski definition) is 0. The second kappa shape index (κ2) is 9.18. The van der Waals surface area contributed by atoms with Gasteiger partial charge >= 0.3 is 0 Å². The zero-order valence-electron chi connectivity index (χ0n) is 18.9. The van der Waals surface area contributed by atoms with Crippen LogP contribution >= 0.6 is 39.1 Å². The smallest absolute Gasteiger partial charge is 0.268 e. The third-order valence-electron chi connectivity index (χ3n) is 5.22. The molecule has 12 heteroatoms. The average Bonchev–Trinajstić information content (AvgIpc) is 3.55. The SMILES string of the molecule is CC(C)(C)c1nnc(-c2nn(-c3ccc(Cl)cc3Cl)c(-c3ccc(Br)cc3)c2Cn2cnnn2)o1. The topological polar surface area (TPSA) is 100 Å². The van der Waals surface area contributed by atoms with Crippen molar-refractivity contribution in [2.45, 2.75) is 32.7 Å². The molecule has 3 heterocycles. The number of aromatic nitrogens is 8. The minimum atomic E-state index is -0.322. The number of rotatable bonds is 5. The summed E-state index contributed by atoms with van der Waals surface area (Å²) in [5.74, 6) is 0.797. The molecule has 0 fully saturated rings. The van der Waals surface area contributed by atoms with E-state index in [0.717, 1.165) is 21.3 Å². The second-order valence-corrected chi connectivity index (χ2v) is 10.6. The normalized spacial score (nSPS) is 11.8. The lowest BCUT2D eigenvalue weighted by Gasteiger charge is -2.12. The van der Waals surface area contributed by atoms with E-state index in [1.807, 2.05) is 51.1 Å². The summed E-state index contributed by atoms with van der Waals surface area (Å²) in [5, 5.41) is 26.1. The van der Waals surface area contributed by atoms with Gasteiger partial charge in [0.25, 0.3) is 5.89 Å². The van der Waals surface area contributed by atoms with Crippen molar-refractivity contribution in [1.82, 2.24) is 40.2 Å². The molecule has 0 saturated heterocycles. The van der Waals surface area contributed by atoms with Gasteiger partial charge in [0.15, 0.2) is 5.69 Å². The van der Waals surface area contributed by atoms with Crippen LogP contribution in [0.1, 0.15) is 32.2 Å². The van der Waals surface area contributed by atoms with E-state index in [-0.39, 0.29) is 5.41 Å². The Balaban J connectivity index is 1.81. The molecule has 0 unspecified atom stereocenters. The minimum absolute atomic E-state index is 0.292. The van der Waals surface area contributed by atoms with Crippen LogP contribution in [0.4, 0.5) is 0 Å². The molecule has 0 aliphatic carbocycles. The Hall–Kier alpha value is -3.08. The first-order chi connectivity index (χ1) is 16.7. The van der Waals surface area contributed by atoms with E-state index in [9.17, 15) is 0 Å². The lowest BCUT2D eigenvalue weighted by molar-refractivity contribution is 0.398. The van der Waals surface area contributed by atoms with Gasteiger partial charge in [-0.15, -0.1) is 15.3 Å². The molecule has 0 spiro atoms. The molecule has 0 bridgehead atoms. The van der Waals surface area contributed by atoms with Crippen LogP contribution in [-0.4, -0.2) is 40.2 Å². The molecule has 0 N–H and O–H groups in total. The highest BCUT2D eigenvalue weighted by atomic mass is 79.9. The lowest BCUT2D eigenvalue weighted by atomic mass is 9.97. The fraction of sp³-hybridized carbons (Fsp3) is 0.217. The zero-order chi connectivity index (χ0) is 24.7. The van der Waals surface area contributed by atoms with Crippen LogP contribution in [0.5, 0.6) is 0 Å². The summed E-state index contributed by atoms with van der Waals surface area (Å²) in [6, 6.07) is 13.2. The molecule has 0 amide bonds. The summed E-state index contributed by atoms with van der Waals surface area (Å²) >= 11 is 16.3. The molecule has 35 heavy (non-hydrogen) atoms. The standard InChI is InChI=1S/C23H19BrCl2N8O/c1-23(2,3)22-29-28-21(35-22)19-16(11-33-12-27-31-32-33)20(13-4-6-14(24)7-5-13)34(30-19)18-9-8-15(25)10-17(18)26/h4-10,12H,11H2,1-3H3. The molecule has 0 saturated carbocycles. The van der Waals surface area contributed by atoms with E-state index < -0.39 is 0 Å². The van der Waals surface area contributed by atoms with Gasteiger partial charge in [-0.25, -0.2) is 9.36 Å². The Labute approximate surface area is 219 Å². The zero-order valence-corrected chi connectivity index (χ0v) is 22.0. The van der Waals surface area contributed by atoms with Crippen LogP contribution in [0.2, 0.25) is 10.0 Å². The average molecular weight is 574 g/mol. The van der Waals surface area contributed by atoms with E-state index in [1.165, 1.54) is 6.33 Å². The third-order valence-corrected chi connectivity index (χ3v) is 6.29. The Morgan fingerprint density at radius 2 is 1.80 bits per heavy atom. The third kappa shape index (κ3) is 4.73. The largest absolute Gasteiger partial charge is 0.419 e. The van der Waals surface area contributed by atoms with Crippen molar-refractivity contribution in [1.29, 1.82) is 0 Å². The van der Waals surface area contributed by atoms with Crippen molar-refractivity contribution in [3.63, 3.8) is 0 Å². The van der Waals surface area contributed by atoms with Gasteiger partial charge in [0.1, 0.15) is 6.33 Å². The van der Waals surface area contributed by atoms with Crippen LogP contribution in [0.3, 0.4) is 0 Å².